The van der Waals surface area contributed by atoms with Gasteiger partial charge in [-0.25, -0.2) is 4.98 Å². The number of pyridine rings is 1. The van der Waals surface area contributed by atoms with Crippen LogP contribution in [-0.4, -0.2) is 66.7 Å². The van der Waals surface area contributed by atoms with Crippen LogP contribution in [-0.2, 0) is 28.9 Å². The molecule has 0 saturated carbocycles. The second-order valence-electron chi connectivity index (χ2n) is 10.6. The second-order valence-corrected chi connectivity index (χ2v) is 11.7. The summed E-state index contributed by atoms with van der Waals surface area (Å²) in [6, 6.07) is 11.3. The largest absolute Gasteiger partial charge is 0.399 e. The van der Waals surface area contributed by atoms with E-state index in [4.69, 9.17) is 20.2 Å². The number of benzene rings is 1. The van der Waals surface area contributed by atoms with Gasteiger partial charge in [0, 0.05) is 62.3 Å². The van der Waals surface area contributed by atoms with Crippen molar-refractivity contribution in [3.63, 3.8) is 0 Å². The molecule has 36 heavy (non-hydrogen) atoms. The van der Waals surface area contributed by atoms with Gasteiger partial charge in [-0.05, 0) is 57.4 Å². The molecule has 0 spiro atoms. The summed E-state index contributed by atoms with van der Waals surface area (Å²) in [7, 11) is 1.76. The average molecular weight is 510 g/mol. The Morgan fingerprint density at radius 3 is 2.53 bits per heavy atom. The number of rotatable bonds is 8. The van der Waals surface area contributed by atoms with Gasteiger partial charge in [-0.1, -0.05) is 12.1 Å². The van der Waals surface area contributed by atoms with E-state index >= 15 is 0 Å². The van der Waals surface area contributed by atoms with Gasteiger partial charge in [-0.3, -0.25) is 4.90 Å². The average Bonchev–Trinajstić information content (AvgIpc) is 2.83. The SMILES string of the molecule is COCCN1C(C)CN(c2nc(SCCc3ccc(N)cc3)c(C#N)c3c2COC(C)(C)C3)CC1C. The van der Waals surface area contributed by atoms with Crippen LogP contribution in [0.15, 0.2) is 29.3 Å². The number of fused-ring (bicyclic) bond motifs is 1. The second kappa shape index (κ2) is 11.4. The lowest BCUT2D eigenvalue weighted by Crippen LogP contribution is -2.58. The van der Waals surface area contributed by atoms with Gasteiger partial charge in [0.1, 0.15) is 16.9 Å². The number of thioether (sulfide) groups is 1. The van der Waals surface area contributed by atoms with Crippen LogP contribution in [0.2, 0.25) is 0 Å². The Kier molecular flexibility index (Phi) is 8.46. The van der Waals surface area contributed by atoms with Crippen LogP contribution in [0.4, 0.5) is 11.5 Å². The fourth-order valence-corrected chi connectivity index (χ4v) is 6.32. The van der Waals surface area contributed by atoms with E-state index in [9.17, 15) is 5.26 Å². The lowest BCUT2D eigenvalue weighted by Gasteiger charge is -2.46. The zero-order valence-electron chi connectivity index (χ0n) is 22.2. The molecule has 2 aromatic rings. The Morgan fingerprint density at radius 2 is 1.89 bits per heavy atom. The van der Waals surface area contributed by atoms with E-state index in [-0.39, 0.29) is 5.60 Å². The van der Waals surface area contributed by atoms with Crippen molar-refractivity contribution in [2.75, 3.05) is 49.7 Å². The van der Waals surface area contributed by atoms with Crippen LogP contribution in [0.25, 0.3) is 0 Å². The first-order valence-corrected chi connectivity index (χ1v) is 13.8. The van der Waals surface area contributed by atoms with Gasteiger partial charge in [-0.2, -0.15) is 5.26 Å². The number of nitrogens with two attached hydrogens (primary N) is 1. The third-order valence-corrected chi connectivity index (χ3v) is 8.22. The van der Waals surface area contributed by atoms with Gasteiger partial charge in [0.2, 0.25) is 0 Å². The molecule has 0 bridgehead atoms. The molecule has 1 aromatic carbocycles. The molecule has 2 aliphatic rings. The van der Waals surface area contributed by atoms with Crippen molar-refractivity contribution < 1.29 is 9.47 Å². The molecular weight excluding hydrogens is 470 g/mol. The molecule has 4 rings (SSSR count). The van der Waals surface area contributed by atoms with Crippen molar-refractivity contribution in [1.29, 1.82) is 5.26 Å². The molecule has 2 unspecified atom stereocenters. The lowest BCUT2D eigenvalue weighted by molar-refractivity contribution is -0.0403. The Labute approximate surface area is 220 Å². The first-order chi connectivity index (χ1) is 17.2. The zero-order valence-corrected chi connectivity index (χ0v) is 23.0. The van der Waals surface area contributed by atoms with Crippen molar-refractivity contribution in [2.45, 2.75) is 69.9 Å². The lowest BCUT2D eigenvalue weighted by atomic mass is 9.89. The highest BCUT2D eigenvalue weighted by molar-refractivity contribution is 7.99. The minimum atomic E-state index is -0.303. The smallest absolute Gasteiger partial charge is 0.135 e. The summed E-state index contributed by atoms with van der Waals surface area (Å²) in [6.07, 6.45) is 1.61. The van der Waals surface area contributed by atoms with Gasteiger partial charge in [0.15, 0.2) is 0 Å². The van der Waals surface area contributed by atoms with Crippen LogP contribution in [0.5, 0.6) is 0 Å². The van der Waals surface area contributed by atoms with Gasteiger partial charge < -0.3 is 20.1 Å². The van der Waals surface area contributed by atoms with Gasteiger partial charge in [0.05, 0.1) is 24.4 Å². The normalized spacial score (nSPS) is 21.7. The molecular formula is C28H39N5O2S. The molecule has 1 saturated heterocycles. The van der Waals surface area contributed by atoms with E-state index in [1.54, 1.807) is 18.9 Å². The predicted octanol–water partition coefficient (Wildman–Crippen LogP) is 4.27. The van der Waals surface area contributed by atoms with Crippen LogP contribution in [0.3, 0.4) is 0 Å². The van der Waals surface area contributed by atoms with E-state index < -0.39 is 0 Å². The standard InChI is InChI=1S/C28H39N5O2S/c1-19-16-32(17-20(2)33(19)11-12-34-5)26-25-18-35-28(3,4)14-23(25)24(15-29)27(31-26)36-13-10-21-6-8-22(30)9-7-21/h6-9,19-20H,10-14,16-18,30H2,1-5H3. The maximum Gasteiger partial charge on any atom is 0.135 e. The number of nitrogens with zero attached hydrogens (tertiary/aromatic N) is 4. The van der Waals surface area contributed by atoms with Crippen LogP contribution < -0.4 is 10.6 Å². The molecule has 0 aliphatic carbocycles. The number of methoxy groups -OCH3 is 1. The summed E-state index contributed by atoms with van der Waals surface area (Å²) in [5.41, 5.74) is 10.4. The predicted molar refractivity (Wildman–Crippen MR) is 147 cm³/mol. The number of ether oxygens (including phenoxy) is 2. The molecule has 1 fully saturated rings. The molecule has 2 aliphatic heterocycles. The fraction of sp³-hybridized carbons (Fsp3) is 0.571. The topological polar surface area (TPSA) is 87.6 Å². The zero-order chi connectivity index (χ0) is 25.9. The summed E-state index contributed by atoms with van der Waals surface area (Å²) in [5, 5.41) is 11.0. The Bertz CT molecular complexity index is 1090. The third-order valence-electron chi connectivity index (χ3n) is 7.24. The highest BCUT2D eigenvalue weighted by atomic mass is 32.2. The minimum Gasteiger partial charge on any atom is -0.399 e. The summed E-state index contributed by atoms with van der Waals surface area (Å²) in [5.74, 6) is 1.83. The Hall–Kier alpha value is -2.31. The molecule has 7 nitrogen and oxygen atoms in total. The molecule has 1 aromatic heterocycles. The third kappa shape index (κ3) is 5.97. The molecule has 3 heterocycles. The van der Waals surface area contributed by atoms with Crippen molar-refractivity contribution in [3.8, 4) is 6.07 Å². The van der Waals surface area contributed by atoms with E-state index in [2.05, 4.69) is 55.7 Å². The number of hydrogen-bond donors (Lipinski definition) is 1. The number of hydrogen-bond acceptors (Lipinski definition) is 8. The summed E-state index contributed by atoms with van der Waals surface area (Å²) in [4.78, 5) is 10.1. The van der Waals surface area contributed by atoms with E-state index in [0.29, 0.717) is 30.7 Å². The van der Waals surface area contributed by atoms with Crippen LogP contribution >= 0.6 is 11.8 Å². The maximum absolute atomic E-state index is 10.2. The molecule has 8 heteroatoms. The highest BCUT2D eigenvalue weighted by Crippen LogP contribution is 2.39. The highest BCUT2D eigenvalue weighted by Gasteiger charge is 2.36. The summed E-state index contributed by atoms with van der Waals surface area (Å²) in [6.45, 7) is 12.7. The van der Waals surface area contributed by atoms with Gasteiger partial charge >= 0.3 is 0 Å². The number of nitrogen functional groups attached to an aromatic ring is 1. The Morgan fingerprint density at radius 1 is 1.19 bits per heavy atom. The van der Waals surface area contributed by atoms with Crippen molar-refractivity contribution >= 4 is 23.3 Å². The van der Waals surface area contributed by atoms with Crippen LogP contribution in [0.1, 0.15) is 49.9 Å². The van der Waals surface area contributed by atoms with Crippen LogP contribution in [0, 0.1) is 11.3 Å². The molecule has 194 valence electrons. The molecule has 0 radical (unpaired) electrons. The number of aromatic nitrogens is 1. The number of nitriles is 1. The number of piperazine rings is 1. The van der Waals surface area contributed by atoms with Gasteiger partial charge in [-0.15, -0.1) is 11.8 Å². The maximum atomic E-state index is 10.2. The van der Waals surface area contributed by atoms with E-state index in [1.165, 1.54) is 5.56 Å². The first kappa shape index (κ1) is 26.7. The summed E-state index contributed by atoms with van der Waals surface area (Å²) < 4.78 is 11.6. The van der Waals surface area contributed by atoms with Crippen molar-refractivity contribution in [2.24, 2.45) is 0 Å². The molecule has 0 amide bonds. The van der Waals surface area contributed by atoms with Crippen molar-refractivity contribution in [1.82, 2.24) is 9.88 Å². The van der Waals surface area contributed by atoms with Gasteiger partial charge in [0.25, 0.3) is 0 Å². The fourth-order valence-electron chi connectivity index (χ4n) is 5.32. The van der Waals surface area contributed by atoms with E-state index in [1.807, 2.05) is 12.1 Å². The minimum absolute atomic E-state index is 0.303. The first-order valence-electron chi connectivity index (χ1n) is 12.8. The quantitative estimate of drug-likeness (QED) is 0.417. The molecule has 2 atom stereocenters. The summed E-state index contributed by atoms with van der Waals surface area (Å²) >= 11 is 1.68. The Balaban J connectivity index is 1.63. The monoisotopic (exact) mass is 509 g/mol. The van der Waals surface area contributed by atoms with Crippen molar-refractivity contribution in [3.05, 3.63) is 46.5 Å². The number of anilines is 2. The van der Waals surface area contributed by atoms with E-state index in [0.717, 1.165) is 66.1 Å². The number of aryl methyl sites for hydroxylation is 1. The molecule has 2 N–H and O–H groups in total.